The highest BCUT2D eigenvalue weighted by molar-refractivity contribution is 5.87. The fourth-order valence-electron chi connectivity index (χ4n) is 2.25. The number of aromatic carboxylic acids is 1. The predicted molar refractivity (Wildman–Crippen MR) is 70.5 cm³/mol. The van der Waals surface area contributed by atoms with Crippen molar-refractivity contribution < 1.29 is 14.4 Å². The lowest BCUT2D eigenvalue weighted by atomic mass is 10.1. The smallest absolute Gasteiger partial charge is 0.374 e. The number of hydrogen-bond acceptors (Lipinski definition) is 4. The molecule has 1 aliphatic rings. The number of H-pyrrole nitrogens is 1. The van der Waals surface area contributed by atoms with Crippen LogP contribution in [0.3, 0.4) is 0 Å². The van der Waals surface area contributed by atoms with Gasteiger partial charge in [-0.1, -0.05) is 11.2 Å². The van der Waals surface area contributed by atoms with Gasteiger partial charge < -0.3 is 14.6 Å². The topological polar surface area (TPSA) is 92.0 Å². The van der Waals surface area contributed by atoms with Crippen molar-refractivity contribution >= 4 is 17.0 Å². The van der Waals surface area contributed by atoms with Gasteiger partial charge in [-0.05, 0) is 25.0 Å². The summed E-state index contributed by atoms with van der Waals surface area (Å²) in [5.41, 5.74) is 3.16. The molecular formula is C14H11N3O3. The number of nitrogens with one attached hydrogen (secondary N) is 1. The number of rotatable bonds is 3. The third kappa shape index (κ3) is 1.77. The van der Waals surface area contributed by atoms with Crippen molar-refractivity contribution in [2.75, 3.05) is 0 Å². The summed E-state index contributed by atoms with van der Waals surface area (Å²) in [5, 5.41) is 12.6. The van der Waals surface area contributed by atoms with Crippen molar-refractivity contribution in [1.82, 2.24) is 15.1 Å². The molecule has 0 aliphatic heterocycles. The third-order valence-corrected chi connectivity index (χ3v) is 3.48. The number of fused-ring (bicyclic) bond motifs is 1. The Morgan fingerprint density at radius 3 is 2.90 bits per heavy atom. The molecule has 100 valence electrons. The third-order valence-electron chi connectivity index (χ3n) is 3.48. The van der Waals surface area contributed by atoms with E-state index in [1.807, 2.05) is 18.2 Å². The van der Waals surface area contributed by atoms with Crippen LogP contribution >= 0.6 is 0 Å². The summed E-state index contributed by atoms with van der Waals surface area (Å²) >= 11 is 0. The zero-order chi connectivity index (χ0) is 13.7. The molecule has 0 saturated heterocycles. The molecule has 0 unspecified atom stereocenters. The minimum atomic E-state index is -1.12. The lowest BCUT2D eigenvalue weighted by Gasteiger charge is -1.94. The summed E-state index contributed by atoms with van der Waals surface area (Å²) in [6, 6.07) is 7.10. The highest BCUT2D eigenvalue weighted by Crippen LogP contribution is 2.39. The van der Waals surface area contributed by atoms with Crippen molar-refractivity contribution in [3.8, 4) is 11.3 Å². The Kier molecular flexibility index (Phi) is 2.20. The highest BCUT2D eigenvalue weighted by atomic mass is 16.5. The highest BCUT2D eigenvalue weighted by Gasteiger charge is 2.26. The molecule has 0 bridgehead atoms. The van der Waals surface area contributed by atoms with Crippen LogP contribution in [0.15, 0.2) is 28.8 Å². The SMILES string of the molecule is O=C(O)c1cc(-c2ccc3nc(C4CC4)[nH]c3c2)no1. The average molecular weight is 269 g/mol. The zero-order valence-corrected chi connectivity index (χ0v) is 10.5. The van der Waals surface area contributed by atoms with E-state index in [9.17, 15) is 4.79 Å². The standard InChI is InChI=1S/C14H11N3O3/c18-14(19)12-6-10(17-20-12)8-3-4-9-11(5-8)16-13(15-9)7-1-2-7/h3-7H,1-2H2,(H,15,16)(H,18,19). The van der Waals surface area contributed by atoms with Gasteiger partial charge >= 0.3 is 5.97 Å². The number of aromatic amines is 1. The number of nitrogens with zero attached hydrogens (tertiary/aromatic N) is 2. The predicted octanol–water partition coefficient (Wildman–Crippen LogP) is 2.79. The number of imidazole rings is 1. The van der Waals surface area contributed by atoms with Gasteiger partial charge in [0.1, 0.15) is 11.5 Å². The van der Waals surface area contributed by atoms with Crippen LogP contribution in [0, 0.1) is 0 Å². The number of carboxylic acid groups (broad SMARTS) is 1. The summed E-state index contributed by atoms with van der Waals surface area (Å²) < 4.78 is 4.77. The molecule has 0 amide bonds. The molecule has 1 fully saturated rings. The zero-order valence-electron chi connectivity index (χ0n) is 10.5. The minimum Gasteiger partial charge on any atom is -0.475 e. The molecule has 0 atom stereocenters. The molecule has 2 N–H and O–H groups in total. The van der Waals surface area contributed by atoms with Crippen molar-refractivity contribution in [2.45, 2.75) is 18.8 Å². The fraction of sp³-hybridized carbons (Fsp3) is 0.214. The molecule has 4 rings (SSSR count). The largest absolute Gasteiger partial charge is 0.475 e. The van der Waals surface area contributed by atoms with E-state index in [2.05, 4.69) is 15.1 Å². The van der Waals surface area contributed by atoms with Crippen LogP contribution in [0.2, 0.25) is 0 Å². The first kappa shape index (κ1) is 11.2. The molecule has 1 aromatic carbocycles. The molecule has 0 spiro atoms. The maximum absolute atomic E-state index is 10.8. The Hall–Kier alpha value is -2.63. The maximum atomic E-state index is 10.8. The van der Waals surface area contributed by atoms with Gasteiger partial charge in [0.25, 0.3) is 0 Å². The van der Waals surface area contributed by atoms with Gasteiger partial charge in [-0.25, -0.2) is 9.78 Å². The minimum absolute atomic E-state index is 0.164. The summed E-state index contributed by atoms with van der Waals surface area (Å²) in [6.45, 7) is 0. The Balaban J connectivity index is 1.76. The summed E-state index contributed by atoms with van der Waals surface area (Å²) in [4.78, 5) is 18.7. The number of benzene rings is 1. The summed E-state index contributed by atoms with van der Waals surface area (Å²) in [7, 11) is 0. The summed E-state index contributed by atoms with van der Waals surface area (Å²) in [5.74, 6) is 0.311. The van der Waals surface area contributed by atoms with Gasteiger partial charge in [-0.15, -0.1) is 0 Å². The normalized spacial score (nSPS) is 14.8. The molecule has 2 aromatic heterocycles. The molecule has 6 heteroatoms. The Morgan fingerprint density at radius 2 is 2.20 bits per heavy atom. The molecule has 6 nitrogen and oxygen atoms in total. The van der Waals surface area contributed by atoms with E-state index < -0.39 is 5.97 Å². The summed E-state index contributed by atoms with van der Waals surface area (Å²) in [6.07, 6.45) is 2.38. The van der Waals surface area contributed by atoms with E-state index in [1.54, 1.807) is 0 Å². The lowest BCUT2D eigenvalue weighted by molar-refractivity contribution is 0.0652. The first-order valence-electron chi connectivity index (χ1n) is 6.41. The van der Waals surface area contributed by atoms with Gasteiger partial charge in [-0.3, -0.25) is 0 Å². The second-order valence-electron chi connectivity index (χ2n) is 5.01. The van der Waals surface area contributed by atoms with E-state index in [1.165, 1.54) is 18.9 Å². The van der Waals surface area contributed by atoms with Crippen molar-refractivity contribution in [2.24, 2.45) is 0 Å². The van der Waals surface area contributed by atoms with Crippen LogP contribution in [0.25, 0.3) is 22.3 Å². The van der Waals surface area contributed by atoms with E-state index >= 15 is 0 Å². The van der Waals surface area contributed by atoms with Gasteiger partial charge in [0.05, 0.1) is 11.0 Å². The number of carboxylic acids is 1. The average Bonchev–Trinajstić information content (AvgIpc) is 3.02. The molecule has 20 heavy (non-hydrogen) atoms. The molecule has 3 aromatic rings. The number of carbonyl (C=O) groups is 1. The molecule has 1 aliphatic carbocycles. The number of aromatic nitrogens is 3. The van der Waals surface area contributed by atoms with E-state index in [0.29, 0.717) is 11.6 Å². The van der Waals surface area contributed by atoms with Crippen molar-refractivity contribution in [3.05, 3.63) is 35.9 Å². The van der Waals surface area contributed by atoms with Crippen LogP contribution in [0.5, 0.6) is 0 Å². The van der Waals surface area contributed by atoms with E-state index in [0.717, 1.165) is 22.4 Å². The first-order chi connectivity index (χ1) is 9.70. The molecule has 2 heterocycles. The fourth-order valence-corrected chi connectivity index (χ4v) is 2.25. The van der Waals surface area contributed by atoms with Gasteiger partial charge in [0.15, 0.2) is 0 Å². The van der Waals surface area contributed by atoms with Gasteiger partial charge in [0, 0.05) is 17.5 Å². The first-order valence-corrected chi connectivity index (χ1v) is 6.41. The van der Waals surface area contributed by atoms with Crippen molar-refractivity contribution in [3.63, 3.8) is 0 Å². The number of hydrogen-bond donors (Lipinski definition) is 2. The lowest BCUT2D eigenvalue weighted by Crippen LogP contribution is -1.91. The second-order valence-corrected chi connectivity index (χ2v) is 5.01. The van der Waals surface area contributed by atoms with E-state index in [4.69, 9.17) is 9.63 Å². The van der Waals surface area contributed by atoms with Crippen LogP contribution in [-0.4, -0.2) is 26.2 Å². The Morgan fingerprint density at radius 1 is 1.35 bits per heavy atom. The molecular weight excluding hydrogens is 258 g/mol. The van der Waals surface area contributed by atoms with Gasteiger partial charge in [-0.2, -0.15) is 0 Å². The van der Waals surface area contributed by atoms with E-state index in [-0.39, 0.29) is 5.76 Å². The van der Waals surface area contributed by atoms with Gasteiger partial charge in [0.2, 0.25) is 5.76 Å². The molecule has 1 saturated carbocycles. The van der Waals surface area contributed by atoms with Crippen LogP contribution in [-0.2, 0) is 0 Å². The van der Waals surface area contributed by atoms with Crippen LogP contribution in [0.4, 0.5) is 0 Å². The van der Waals surface area contributed by atoms with Crippen molar-refractivity contribution in [1.29, 1.82) is 0 Å². The van der Waals surface area contributed by atoms with Crippen LogP contribution < -0.4 is 0 Å². The Bertz CT molecular complexity index is 814. The second kappa shape index (κ2) is 3.93. The Labute approximate surface area is 113 Å². The monoisotopic (exact) mass is 269 g/mol. The maximum Gasteiger partial charge on any atom is 0.374 e. The quantitative estimate of drug-likeness (QED) is 0.762. The van der Waals surface area contributed by atoms with Crippen LogP contribution in [0.1, 0.15) is 35.1 Å². The molecule has 0 radical (unpaired) electrons.